The topological polar surface area (TPSA) is 78.5 Å². The summed E-state index contributed by atoms with van der Waals surface area (Å²) >= 11 is 5.94. The van der Waals surface area contributed by atoms with E-state index in [0.717, 1.165) is 24.2 Å². The van der Waals surface area contributed by atoms with E-state index in [2.05, 4.69) is 10.9 Å². The molecular formula is C19H18ClN3O3. The normalized spacial score (nSPS) is 13.6. The second-order valence-electron chi connectivity index (χ2n) is 5.97. The molecule has 3 amide bonds. The smallest absolute Gasteiger partial charge is 0.271 e. The summed E-state index contributed by atoms with van der Waals surface area (Å²) in [5.74, 6) is -0.708. The number of hydrazine groups is 1. The van der Waals surface area contributed by atoms with Crippen molar-refractivity contribution in [2.75, 3.05) is 11.4 Å². The molecule has 134 valence electrons. The molecule has 2 N–H and O–H groups in total. The van der Waals surface area contributed by atoms with Gasteiger partial charge >= 0.3 is 0 Å². The van der Waals surface area contributed by atoms with Gasteiger partial charge in [0.15, 0.2) is 0 Å². The Labute approximate surface area is 156 Å². The quantitative estimate of drug-likeness (QED) is 0.810. The minimum absolute atomic E-state index is 0.108. The molecule has 6 nitrogen and oxygen atoms in total. The van der Waals surface area contributed by atoms with Gasteiger partial charge < -0.3 is 4.90 Å². The lowest BCUT2D eigenvalue weighted by Crippen LogP contribution is -2.42. The molecule has 0 aromatic heterocycles. The van der Waals surface area contributed by atoms with Crippen molar-refractivity contribution < 1.29 is 14.4 Å². The van der Waals surface area contributed by atoms with Gasteiger partial charge in [-0.05, 0) is 36.2 Å². The Kier molecular flexibility index (Phi) is 5.53. The molecule has 1 aliphatic heterocycles. The van der Waals surface area contributed by atoms with Crippen LogP contribution in [0.5, 0.6) is 0 Å². The summed E-state index contributed by atoms with van der Waals surface area (Å²) in [6.07, 6.45) is 1.56. The third kappa shape index (κ3) is 4.21. The number of benzene rings is 2. The van der Waals surface area contributed by atoms with Gasteiger partial charge in [-0.1, -0.05) is 35.9 Å². The number of carbonyl (C=O) groups excluding carboxylic acids is 3. The molecule has 0 radical (unpaired) electrons. The fourth-order valence-electron chi connectivity index (χ4n) is 2.78. The second kappa shape index (κ2) is 8.01. The van der Waals surface area contributed by atoms with Crippen molar-refractivity contribution in [2.45, 2.75) is 19.3 Å². The fraction of sp³-hybridized carbons (Fsp3) is 0.211. The Morgan fingerprint density at radius 3 is 2.42 bits per heavy atom. The average molecular weight is 372 g/mol. The fourth-order valence-corrected chi connectivity index (χ4v) is 3.01. The number of halogens is 1. The highest BCUT2D eigenvalue weighted by molar-refractivity contribution is 6.33. The molecule has 0 spiro atoms. The Balaban J connectivity index is 1.52. The van der Waals surface area contributed by atoms with Gasteiger partial charge in [0, 0.05) is 18.7 Å². The molecule has 0 bridgehead atoms. The van der Waals surface area contributed by atoms with Crippen LogP contribution in [0.3, 0.4) is 0 Å². The molecular weight excluding hydrogens is 354 g/mol. The zero-order chi connectivity index (χ0) is 18.5. The van der Waals surface area contributed by atoms with Gasteiger partial charge in [-0.25, -0.2) is 0 Å². The second-order valence-corrected chi connectivity index (χ2v) is 6.38. The van der Waals surface area contributed by atoms with Crippen LogP contribution < -0.4 is 15.8 Å². The minimum Gasteiger partial charge on any atom is -0.312 e. The Hall–Kier alpha value is -2.86. The Bertz CT molecular complexity index is 836. The van der Waals surface area contributed by atoms with Crippen LogP contribution >= 0.6 is 11.6 Å². The third-order valence-corrected chi connectivity index (χ3v) is 4.45. The first kappa shape index (κ1) is 17.9. The van der Waals surface area contributed by atoms with Gasteiger partial charge in [0.1, 0.15) is 0 Å². The first-order valence-corrected chi connectivity index (χ1v) is 8.65. The van der Waals surface area contributed by atoms with Crippen LogP contribution in [0.1, 0.15) is 28.8 Å². The van der Waals surface area contributed by atoms with E-state index in [9.17, 15) is 14.4 Å². The van der Waals surface area contributed by atoms with Crippen molar-refractivity contribution in [3.8, 4) is 0 Å². The van der Waals surface area contributed by atoms with E-state index in [0.29, 0.717) is 11.4 Å². The molecule has 26 heavy (non-hydrogen) atoms. The van der Waals surface area contributed by atoms with Crippen molar-refractivity contribution in [2.24, 2.45) is 0 Å². The molecule has 3 rings (SSSR count). The Morgan fingerprint density at radius 1 is 1.04 bits per heavy atom. The van der Waals surface area contributed by atoms with Gasteiger partial charge in [0.2, 0.25) is 11.8 Å². The molecule has 7 heteroatoms. The van der Waals surface area contributed by atoms with E-state index in [1.807, 2.05) is 12.1 Å². The first-order valence-electron chi connectivity index (χ1n) is 8.27. The number of nitrogens with zero attached hydrogens (tertiary/aromatic N) is 1. The monoisotopic (exact) mass is 371 g/mol. The summed E-state index contributed by atoms with van der Waals surface area (Å²) in [5, 5.41) is 0.311. The molecule has 1 heterocycles. The van der Waals surface area contributed by atoms with Crippen molar-refractivity contribution in [3.05, 3.63) is 64.7 Å². The predicted octanol–water partition coefficient (Wildman–Crippen LogP) is 2.47. The maximum atomic E-state index is 12.0. The summed E-state index contributed by atoms with van der Waals surface area (Å²) in [5.41, 5.74) is 6.62. The lowest BCUT2D eigenvalue weighted by Gasteiger charge is -2.16. The largest absolute Gasteiger partial charge is 0.312 e. The average Bonchev–Trinajstić information content (AvgIpc) is 3.07. The third-order valence-electron chi connectivity index (χ3n) is 4.12. The number of anilines is 1. The van der Waals surface area contributed by atoms with Gasteiger partial charge in [-0.2, -0.15) is 0 Å². The molecule has 0 atom stereocenters. The zero-order valence-corrected chi connectivity index (χ0v) is 14.8. The van der Waals surface area contributed by atoms with E-state index in [1.165, 1.54) is 0 Å². The summed E-state index contributed by atoms with van der Waals surface area (Å²) in [6, 6.07) is 13.8. The number of amides is 3. The molecule has 2 aromatic rings. The molecule has 1 fully saturated rings. The zero-order valence-electron chi connectivity index (χ0n) is 14.0. The van der Waals surface area contributed by atoms with E-state index < -0.39 is 5.91 Å². The van der Waals surface area contributed by atoms with Gasteiger partial charge in [0.05, 0.1) is 17.0 Å². The highest BCUT2D eigenvalue weighted by Crippen LogP contribution is 2.21. The van der Waals surface area contributed by atoms with E-state index >= 15 is 0 Å². The van der Waals surface area contributed by atoms with Crippen LogP contribution in [0.2, 0.25) is 5.02 Å². The maximum absolute atomic E-state index is 12.0. The van der Waals surface area contributed by atoms with Gasteiger partial charge in [-0.3, -0.25) is 25.2 Å². The minimum atomic E-state index is -0.480. The van der Waals surface area contributed by atoms with Crippen molar-refractivity contribution in [1.29, 1.82) is 0 Å². The summed E-state index contributed by atoms with van der Waals surface area (Å²) in [4.78, 5) is 37.5. The number of hydrogen-bond acceptors (Lipinski definition) is 3. The van der Waals surface area contributed by atoms with Crippen molar-refractivity contribution >= 4 is 35.0 Å². The molecule has 0 saturated carbocycles. The lowest BCUT2D eigenvalue weighted by atomic mass is 10.1. The van der Waals surface area contributed by atoms with Crippen LogP contribution in [0.15, 0.2) is 48.5 Å². The van der Waals surface area contributed by atoms with E-state index in [1.54, 1.807) is 41.3 Å². The number of hydrogen-bond donors (Lipinski definition) is 2. The van der Waals surface area contributed by atoms with Crippen LogP contribution in [0.4, 0.5) is 5.69 Å². The predicted molar refractivity (Wildman–Crippen MR) is 98.8 cm³/mol. The van der Waals surface area contributed by atoms with Crippen molar-refractivity contribution in [3.63, 3.8) is 0 Å². The van der Waals surface area contributed by atoms with Crippen molar-refractivity contribution in [1.82, 2.24) is 10.9 Å². The molecule has 2 aromatic carbocycles. The van der Waals surface area contributed by atoms with Crippen LogP contribution in [-0.2, 0) is 16.0 Å². The Morgan fingerprint density at radius 2 is 1.77 bits per heavy atom. The van der Waals surface area contributed by atoms with Crippen LogP contribution in [0, 0.1) is 0 Å². The molecule has 1 saturated heterocycles. The standard InChI is InChI=1S/C19H18ClN3O3/c20-16-5-2-1-4-15(16)19(26)22-21-17(24)12-13-7-9-14(10-8-13)23-11-3-6-18(23)25/h1-2,4-5,7-10H,3,6,11-12H2,(H,21,24)(H,22,26). The molecule has 1 aliphatic rings. The number of carbonyl (C=O) groups is 3. The molecule has 0 aliphatic carbocycles. The summed E-state index contributed by atoms with van der Waals surface area (Å²) < 4.78 is 0. The van der Waals surface area contributed by atoms with Crippen LogP contribution in [-0.4, -0.2) is 24.3 Å². The summed E-state index contributed by atoms with van der Waals surface area (Å²) in [6.45, 7) is 0.729. The molecule has 0 unspecified atom stereocenters. The van der Waals surface area contributed by atoms with Crippen LogP contribution in [0.25, 0.3) is 0 Å². The number of nitrogens with one attached hydrogen (secondary N) is 2. The van der Waals surface area contributed by atoms with E-state index in [4.69, 9.17) is 11.6 Å². The highest BCUT2D eigenvalue weighted by Gasteiger charge is 2.21. The summed E-state index contributed by atoms with van der Waals surface area (Å²) in [7, 11) is 0. The maximum Gasteiger partial charge on any atom is 0.271 e. The van der Waals surface area contributed by atoms with E-state index in [-0.39, 0.29) is 23.8 Å². The first-order chi connectivity index (χ1) is 12.5. The van der Waals surface area contributed by atoms with Gasteiger partial charge in [0.25, 0.3) is 5.91 Å². The lowest BCUT2D eigenvalue weighted by molar-refractivity contribution is -0.121. The number of rotatable bonds is 4. The SMILES string of the molecule is O=C(Cc1ccc(N2CCCC2=O)cc1)NNC(=O)c1ccccc1Cl. The highest BCUT2D eigenvalue weighted by atomic mass is 35.5. The van der Waals surface area contributed by atoms with Gasteiger partial charge in [-0.15, -0.1) is 0 Å².